The highest BCUT2D eigenvalue weighted by Crippen LogP contribution is 2.27. The van der Waals surface area contributed by atoms with E-state index in [1.165, 1.54) is 32.1 Å². The summed E-state index contributed by atoms with van der Waals surface area (Å²) in [5.74, 6) is 2.57. The molecule has 4 nitrogen and oxygen atoms in total. The monoisotopic (exact) mass is 234 g/mol. The van der Waals surface area contributed by atoms with Crippen molar-refractivity contribution in [2.45, 2.75) is 45.1 Å². The number of hydrogen-bond donors (Lipinski definition) is 2. The van der Waals surface area contributed by atoms with Gasteiger partial charge in [-0.2, -0.15) is 0 Å². The Morgan fingerprint density at radius 3 is 2.59 bits per heavy atom. The topological polar surface area (TPSA) is 49.8 Å². The van der Waals surface area contributed by atoms with Crippen molar-refractivity contribution in [3.05, 3.63) is 12.4 Å². The molecule has 1 saturated carbocycles. The molecule has 94 valence electrons. The van der Waals surface area contributed by atoms with E-state index in [0.717, 1.165) is 17.6 Å². The number of hydrogen-bond acceptors (Lipinski definition) is 4. The van der Waals surface area contributed by atoms with Crippen LogP contribution in [0.3, 0.4) is 0 Å². The van der Waals surface area contributed by atoms with Crippen LogP contribution >= 0.6 is 0 Å². The van der Waals surface area contributed by atoms with E-state index in [-0.39, 0.29) is 0 Å². The van der Waals surface area contributed by atoms with Crippen LogP contribution in [-0.2, 0) is 0 Å². The van der Waals surface area contributed by atoms with Crippen LogP contribution in [0.5, 0.6) is 0 Å². The Bertz CT molecular complexity index is 347. The van der Waals surface area contributed by atoms with Crippen molar-refractivity contribution in [1.82, 2.24) is 9.97 Å². The van der Waals surface area contributed by atoms with Gasteiger partial charge in [0.15, 0.2) is 0 Å². The summed E-state index contributed by atoms with van der Waals surface area (Å²) in [5, 5.41) is 6.52. The lowest BCUT2D eigenvalue weighted by molar-refractivity contribution is 0.328. The fourth-order valence-corrected chi connectivity index (χ4v) is 2.56. The number of nitrogens with one attached hydrogen (secondary N) is 2. The van der Waals surface area contributed by atoms with Gasteiger partial charge in [-0.3, -0.25) is 0 Å². The van der Waals surface area contributed by atoms with Crippen molar-refractivity contribution in [3.63, 3.8) is 0 Å². The molecule has 4 heteroatoms. The second-order valence-corrected chi connectivity index (χ2v) is 4.87. The Balaban J connectivity index is 1.94. The van der Waals surface area contributed by atoms with Gasteiger partial charge in [-0.1, -0.05) is 19.3 Å². The van der Waals surface area contributed by atoms with Gasteiger partial charge in [-0.15, -0.1) is 0 Å². The molecule has 0 bridgehead atoms. The molecule has 2 rings (SSSR count). The molecule has 1 heterocycles. The third-order valence-electron chi connectivity index (χ3n) is 3.66. The molecule has 1 aromatic heterocycles. The minimum Gasteiger partial charge on any atom is -0.373 e. The Labute approximate surface area is 103 Å². The molecule has 0 radical (unpaired) electrons. The fraction of sp³-hybridized carbons (Fsp3) is 0.692. The second kappa shape index (κ2) is 5.84. The van der Waals surface area contributed by atoms with Gasteiger partial charge in [-0.05, 0) is 25.7 Å². The van der Waals surface area contributed by atoms with Gasteiger partial charge in [0.25, 0.3) is 0 Å². The average Bonchev–Trinajstić information content (AvgIpc) is 2.40. The predicted molar refractivity (Wildman–Crippen MR) is 71.2 cm³/mol. The van der Waals surface area contributed by atoms with Gasteiger partial charge in [0.1, 0.15) is 18.0 Å². The number of aromatic nitrogens is 2. The summed E-state index contributed by atoms with van der Waals surface area (Å²) in [5.41, 5.74) is 0. The molecule has 1 atom stereocenters. The summed E-state index contributed by atoms with van der Waals surface area (Å²) >= 11 is 0. The normalized spacial score (nSPS) is 18.7. The summed E-state index contributed by atoms with van der Waals surface area (Å²) in [6, 6.07) is 2.45. The van der Waals surface area contributed by atoms with E-state index in [0.29, 0.717) is 6.04 Å². The van der Waals surface area contributed by atoms with Crippen molar-refractivity contribution < 1.29 is 0 Å². The van der Waals surface area contributed by atoms with E-state index < -0.39 is 0 Å². The zero-order valence-corrected chi connectivity index (χ0v) is 10.7. The minimum atomic E-state index is 0.495. The van der Waals surface area contributed by atoms with Gasteiger partial charge < -0.3 is 10.6 Å². The van der Waals surface area contributed by atoms with Gasteiger partial charge in [0.2, 0.25) is 0 Å². The molecule has 2 N–H and O–H groups in total. The third-order valence-corrected chi connectivity index (χ3v) is 3.66. The van der Waals surface area contributed by atoms with Crippen LogP contribution in [0, 0.1) is 5.92 Å². The SMILES string of the molecule is CNc1cc(NC(C)C2CCCCC2)ncn1. The molecular formula is C13H22N4. The van der Waals surface area contributed by atoms with Crippen LogP contribution in [0.1, 0.15) is 39.0 Å². The van der Waals surface area contributed by atoms with Gasteiger partial charge in [0, 0.05) is 19.2 Å². The zero-order chi connectivity index (χ0) is 12.1. The molecule has 1 aliphatic rings. The maximum absolute atomic E-state index is 4.26. The molecule has 0 amide bonds. The van der Waals surface area contributed by atoms with E-state index in [1.807, 2.05) is 13.1 Å². The van der Waals surface area contributed by atoms with Crippen LogP contribution in [0.25, 0.3) is 0 Å². The largest absolute Gasteiger partial charge is 0.373 e. The van der Waals surface area contributed by atoms with Crippen LogP contribution in [0.2, 0.25) is 0 Å². The quantitative estimate of drug-likeness (QED) is 0.841. The summed E-state index contributed by atoms with van der Waals surface area (Å²) in [7, 11) is 1.87. The molecule has 0 saturated heterocycles. The smallest absolute Gasteiger partial charge is 0.131 e. The Morgan fingerprint density at radius 1 is 1.18 bits per heavy atom. The number of nitrogens with zero attached hydrogens (tertiary/aromatic N) is 2. The molecule has 1 fully saturated rings. The molecular weight excluding hydrogens is 212 g/mol. The molecule has 0 aliphatic heterocycles. The highest BCUT2D eigenvalue weighted by Gasteiger charge is 2.20. The summed E-state index contributed by atoms with van der Waals surface area (Å²) in [6.45, 7) is 2.26. The average molecular weight is 234 g/mol. The lowest BCUT2D eigenvalue weighted by Gasteiger charge is -2.28. The molecule has 1 aliphatic carbocycles. The lowest BCUT2D eigenvalue weighted by atomic mass is 9.84. The third kappa shape index (κ3) is 3.32. The van der Waals surface area contributed by atoms with E-state index in [9.17, 15) is 0 Å². The predicted octanol–water partition coefficient (Wildman–Crippen LogP) is 2.90. The highest BCUT2D eigenvalue weighted by atomic mass is 15.1. The van der Waals surface area contributed by atoms with Crippen molar-refractivity contribution in [1.29, 1.82) is 0 Å². The first kappa shape index (κ1) is 12.1. The first-order valence-corrected chi connectivity index (χ1v) is 6.56. The van der Waals surface area contributed by atoms with Crippen molar-refractivity contribution in [2.75, 3.05) is 17.7 Å². The molecule has 17 heavy (non-hydrogen) atoms. The van der Waals surface area contributed by atoms with E-state index >= 15 is 0 Å². The number of rotatable bonds is 4. The minimum absolute atomic E-state index is 0.495. The molecule has 0 aromatic carbocycles. The van der Waals surface area contributed by atoms with E-state index in [2.05, 4.69) is 27.5 Å². The van der Waals surface area contributed by atoms with Gasteiger partial charge in [-0.25, -0.2) is 9.97 Å². The Morgan fingerprint density at radius 2 is 1.88 bits per heavy atom. The van der Waals surface area contributed by atoms with Gasteiger partial charge in [0.05, 0.1) is 0 Å². The first-order valence-electron chi connectivity index (χ1n) is 6.56. The second-order valence-electron chi connectivity index (χ2n) is 4.87. The van der Waals surface area contributed by atoms with E-state index in [4.69, 9.17) is 0 Å². The fourth-order valence-electron chi connectivity index (χ4n) is 2.56. The first-order chi connectivity index (χ1) is 8.29. The Hall–Kier alpha value is -1.32. The van der Waals surface area contributed by atoms with Gasteiger partial charge >= 0.3 is 0 Å². The van der Waals surface area contributed by atoms with Crippen molar-refractivity contribution >= 4 is 11.6 Å². The zero-order valence-electron chi connectivity index (χ0n) is 10.7. The van der Waals surface area contributed by atoms with Crippen LogP contribution in [0.15, 0.2) is 12.4 Å². The number of anilines is 2. The standard InChI is InChI=1S/C13H22N4/c1-10(11-6-4-3-5-7-11)17-13-8-12(14-2)15-9-16-13/h8-11H,3-7H2,1-2H3,(H2,14,15,16,17). The molecule has 0 spiro atoms. The summed E-state index contributed by atoms with van der Waals surface area (Å²) in [6.07, 6.45) is 8.45. The van der Waals surface area contributed by atoms with Crippen LogP contribution in [0.4, 0.5) is 11.6 Å². The van der Waals surface area contributed by atoms with Crippen LogP contribution in [-0.4, -0.2) is 23.1 Å². The van der Waals surface area contributed by atoms with E-state index in [1.54, 1.807) is 6.33 Å². The molecule has 1 unspecified atom stereocenters. The summed E-state index contributed by atoms with van der Waals surface area (Å²) < 4.78 is 0. The lowest BCUT2D eigenvalue weighted by Crippen LogP contribution is -2.28. The molecule has 1 aromatic rings. The van der Waals surface area contributed by atoms with Crippen molar-refractivity contribution in [3.8, 4) is 0 Å². The summed E-state index contributed by atoms with van der Waals surface area (Å²) in [4.78, 5) is 8.38. The maximum Gasteiger partial charge on any atom is 0.131 e. The van der Waals surface area contributed by atoms with Crippen molar-refractivity contribution in [2.24, 2.45) is 5.92 Å². The Kier molecular flexibility index (Phi) is 4.18. The highest BCUT2D eigenvalue weighted by molar-refractivity contribution is 5.46. The maximum atomic E-state index is 4.26. The van der Waals surface area contributed by atoms with Crippen LogP contribution < -0.4 is 10.6 Å².